The fraction of sp³-hybridized carbons (Fsp3) is 0.312. The maximum atomic E-state index is 10.8. The fourth-order valence-electron chi connectivity index (χ4n) is 2.16. The molecule has 3 rings (SSSR count). The van der Waals surface area contributed by atoms with E-state index >= 15 is 0 Å². The van der Waals surface area contributed by atoms with Crippen LogP contribution in [0.15, 0.2) is 30.3 Å². The minimum atomic E-state index is -0.907. The van der Waals surface area contributed by atoms with E-state index in [9.17, 15) is 4.79 Å². The largest absolute Gasteiger partial charge is 0.478 e. The molecule has 2 N–H and O–H groups in total. The topological polar surface area (TPSA) is 75.1 Å². The van der Waals surface area contributed by atoms with Crippen LogP contribution in [0.1, 0.15) is 46.2 Å². The highest BCUT2D eigenvalue weighted by Gasteiger charge is 2.26. The van der Waals surface area contributed by atoms with Crippen molar-refractivity contribution in [3.63, 3.8) is 0 Å². The van der Waals surface area contributed by atoms with Gasteiger partial charge < -0.3 is 10.4 Å². The van der Waals surface area contributed by atoms with Gasteiger partial charge in [-0.15, -0.1) is 0 Å². The average Bonchev–Trinajstić information content (AvgIpc) is 3.29. The summed E-state index contributed by atoms with van der Waals surface area (Å²) in [6.07, 6.45) is 2.36. The van der Waals surface area contributed by atoms with Crippen LogP contribution < -0.4 is 5.32 Å². The summed E-state index contributed by atoms with van der Waals surface area (Å²) in [6, 6.07) is 8.77. The molecule has 0 aliphatic heterocycles. The second-order valence-electron chi connectivity index (χ2n) is 5.38. The van der Waals surface area contributed by atoms with E-state index in [0.717, 1.165) is 22.9 Å². The molecule has 0 bridgehead atoms. The highest BCUT2D eigenvalue weighted by molar-refractivity contribution is 5.87. The minimum absolute atomic E-state index is 0.299. The maximum absolute atomic E-state index is 10.8. The Hall–Kier alpha value is -2.43. The lowest BCUT2D eigenvalue weighted by molar-refractivity contribution is 0.0697. The third kappa shape index (κ3) is 3.37. The summed E-state index contributed by atoms with van der Waals surface area (Å²) in [5.41, 5.74) is 2.28. The third-order valence-electron chi connectivity index (χ3n) is 3.49. The Kier molecular flexibility index (Phi) is 3.56. The zero-order valence-electron chi connectivity index (χ0n) is 11.8. The molecule has 0 amide bonds. The van der Waals surface area contributed by atoms with Crippen molar-refractivity contribution in [3.05, 3.63) is 53.0 Å². The molecule has 1 fully saturated rings. The summed E-state index contributed by atoms with van der Waals surface area (Å²) >= 11 is 0. The van der Waals surface area contributed by atoms with Crippen LogP contribution in [0.2, 0.25) is 0 Å². The van der Waals surface area contributed by atoms with E-state index in [4.69, 9.17) is 5.11 Å². The van der Waals surface area contributed by atoms with Gasteiger partial charge in [-0.1, -0.05) is 12.1 Å². The lowest BCUT2D eigenvalue weighted by atomic mass is 10.1. The molecule has 1 heterocycles. The number of nitrogens with zero attached hydrogens (tertiary/aromatic N) is 2. The minimum Gasteiger partial charge on any atom is -0.478 e. The second kappa shape index (κ2) is 5.52. The lowest BCUT2D eigenvalue weighted by Crippen LogP contribution is -2.05. The molecule has 1 aromatic carbocycles. The van der Waals surface area contributed by atoms with E-state index in [2.05, 4.69) is 15.3 Å². The van der Waals surface area contributed by atoms with Crippen molar-refractivity contribution < 1.29 is 9.90 Å². The molecule has 1 saturated carbocycles. The molecule has 5 heteroatoms. The Balaban J connectivity index is 1.68. The third-order valence-corrected chi connectivity index (χ3v) is 3.49. The summed E-state index contributed by atoms with van der Waals surface area (Å²) in [4.78, 5) is 19.8. The quantitative estimate of drug-likeness (QED) is 0.882. The zero-order chi connectivity index (χ0) is 14.8. The van der Waals surface area contributed by atoms with Gasteiger partial charge in [0.15, 0.2) is 0 Å². The first-order valence-corrected chi connectivity index (χ1v) is 7.03. The van der Waals surface area contributed by atoms with E-state index in [0.29, 0.717) is 18.0 Å². The first-order chi connectivity index (χ1) is 10.1. The van der Waals surface area contributed by atoms with Crippen LogP contribution in [0, 0.1) is 6.92 Å². The molecule has 1 aliphatic rings. The SMILES string of the molecule is Cc1cc(NCc2ccc(C(=O)O)cc2)nc(C2CC2)n1. The summed E-state index contributed by atoms with van der Waals surface area (Å²) in [6.45, 7) is 2.58. The average molecular weight is 283 g/mol. The number of carbonyl (C=O) groups is 1. The lowest BCUT2D eigenvalue weighted by Gasteiger charge is -2.08. The van der Waals surface area contributed by atoms with Gasteiger partial charge in [-0.25, -0.2) is 14.8 Å². The van der Waals surface area contributed by atoms with E-state index in [-0.39, 0.29) is 0 Å². The van der Waals surface area contributed by atoms with Gasteiger partial charge in [0.2, 0.25) is 0 Å². The molecular weight excluding hydrogens is 266 g/mol. The fourth-order valence-corrected chi connectivity index (χ4v) is 2.16. The Labute approximate surface area is 123 Å². The van der Waals surface area contributed by atoms with Crippen LogP contribution in [0.3, 0.4) is 0 Å². The van der Waals surface area contributed by atoms with Gasteiger partial charge in [0.05, 0.1) is 5.56 Å². The van der Waals surface area contributed by atoms with Crippen LogP contribution in [0.4, 0.5) is 5.82 Å². The molecule has 5 nitrogen and oxygen atoms in total. The van der Waals surface area contributed by atoms with Gasteiger partial charge in [0.25, 0.3) is 0 Å². The molecular formula is C16H17N3O2. The summed E-state index contributed by atoms with van der Waals surface area (Å²) in [7, 11) is 0. The van der Waals surface area contributed by atoms with E-state index in [1.54, 1.807) is 12.1 Å². The van der Waals surface area contributed by atoms with E-state index in [1.807, 2.05) is 25.1 Å². The van der Waals surface area contributed by atoms with Gasteiger partial charge in [-0.2, -0.15) is 0 Å². The number of aromatic carboxylic acids is 1. The summed E-state index contributed by atoms with van der Waals surface area (Å²) in [5, 5.41) is 12.1. The molecule has 0 saturated heterocycles. The number of anilines is 1. The van der Waals surface area contributed by atoms with Crippen molar-refractivity contribution in [2.24, 2.45) is 0 Å². The van der Waals surface area contributed by atoms with Crippen LogP contribution in [0.25, 0.3) is 0 Å². The monoisotopic (exact) mass is 283 g/mol. The van der Waals surface area contributed by atoms with Crippen molar-refractivity contribution in [2.75, 3.05) is 5.32 Å². The van der Waals surface area contributed by atoms with Crippen LogP contribution in [-0.2, 0) is 6.54 Å². The van der Waals surface area contributed by atoms with Gasteiger partial charge in [0.1, 0.15) is 11.6 Å². The zero-order valence-corrected chi connectivity index (χ0v) is 11.8. The number of hydrogen-bond donors (Lipinski definition) is 2. The number of nitrogens with one attached hydrogen (secondary N) is 1. The number of hydrogen-bond acceptors (Lipinski definition) is 4. The smallest absolute Gasteiger partial charge is 0.335 e. The van der Waals surface area contributed by atoms with E-state index < -0.39 is 5.97 Å². The standard InChI is InChI=1S/C16H17N3O2/c1-10-8-14(19-15(18-10)12-6-7-12)17-9-11-2-4-13(5-3-11)16(20)21/h2-5,8,12H,6-7,9H2,1H3,(H,20,21)(H,17,18,19). The van der Waals surface area contributed by atoms with Gasteiger partial charge in [0, 0.05) is 24.2 Å². The van der Waals surface area contributed by atoms with Crippen molar-refractivity contribution in [1.29, 1.82) is 0 Å². The summed E-state index contributed by atoms with van der Waals surface area (Å²) in [5.74, 6) is 1.38. The maximum Gasteiger partial charge on any atom is 0.335 e. The number of carboxylic acid groups (broad SMARTS) is 1. The number of carboxylic acids is 1. The number of aryl methyl sites for hydroxylation is 1. The first kappa shape index (κ1) is 13.5. The predicted octanol–water partition coefficient (Wildman–Crippen LogP) is 2.97. The Morgan fingerprint density at radius 3 is 2.62 bits per heavy atom. The normalized spacial score (nSPS) is 14.0. The first-order valence-electron chi connectivity index (χ1n) is 7.03. The molecule has 1 aromatic heterocycles. The van der Waals surface area contributed by atoms with Gasteiger partial charge in [-0.3, -0.25) is 0 Å². The molecule has 108 valence electrons. The molecule has 0 unspecified atom stereocenters. The molecule has 2 aromatic rings. The highest BCUT2D eigenvalue weighted by Crippen LogP contribution is 2.38. The van der Waals surface area contributed by atoms with Crippen molar-refractivity contribution in [1.82, 2.24) is 9.97 Å². The van der Waals surface area contributed by atoms with Crippen LogP contribution >= 0.6 is 0 Å². The van der Waals surface area contributed by atoms with Crippen LogP contribution in [-0.4, -0.2) is 21.0 Å². The Bertz CT molecular complexity index is 664. The molecule has 0 atom stereocenters. The molecule has 0 radical (unpaired) electrons. The molecule has 1 aliphatic carbocycles. The van der Waals surface area contributed by atoms with Gasteiger partial charge >= 0.3 is 5.97 Å². The Morgan fingerprint density at radius 1 is 1.29 bits per heavy atom. The van der Waals surface area contributed by atoms with Crippen LogP contribution in [0.5, 0.6) is 0 Å². The molecule has 0 spiro atoms. The molecule has 21 heavy (non-hydrogen) atoms. The van der Waals surface area contributed by atoms with Crippen molar-refractivity contribution in [2.45, 2.75) is 32.2 Å². The highest BCUT2D eigenvalue weighted by atomic mass is 16.4. The number of rotatable bonds is 5. The van der Waals surface area contributed by atoms with Gasteiger partial charge in [-0.05, 0) is 37.5 Å². The van der Waals surface area contributed by atoms with Crippen molar-refractivity contribution >= 4 is 11.8 Å². The predicted molar refractivity (Wildman–Crippen MR) is 79.5 cm³/mol. The van der Waals surface area contributed by atoms with Crippen molar-refractivity contribution in [3.8, 4) is 0 Å². The second-order valence-corrected chi connectivity index (χ2v) is 5.38. The van der Waals surface area contributed by atoms with E-state index in [1.165, 1.54) is 12.8 Å². The Morgan fingerprint density at radius 2 is 2.00 bits per heavy atom. The summed E-state index contributed by atoms with van der Waals surface area (Å²) < 4.78 is 0. The number of benzene rings is 1. The number of aromatic nitrogens is 2.